The summed E-state index contributed by atoms with van der Waals surface area (Å²) in [7, 11) is 0. The summed E-state index contributed by atoms with van der Waals surface area (Å²) in [5.41, 5.74) is 5.48. The van der Waals surface area contributed by atoms with Crippen LogP contribution in [-0.2, 0) is 0 Å². The van der Waals surface area contributed by atoms with Gasteiger partial charge in [-0.15, -0.1) is 0 Å². The van der Waals surface area contributed by atoms with Gasteiger partial charge in [0.05, 0.1) is 16.9 Å². The van der Waals surface area contributed by atoms with Crippen molar-refractivity contribution in [3.8, 4) is 6.07 Å². The fraction of sp³-hybridized carbons (Fsp3) is 0.150. The maximum Gasteiger partial charge on any atom is 0.270 e. The zero-order chi connectivity index (χ0) is 18.1. The maximum absolute atomic E-state index is 11.1. The normalized spacial score (nSPS) is 15.8. The van der Waals surface area contributed by atoms with Crippen molar-refractivity contribution >= 4 is 34.5 Å². The molecule has 1 aliphatic carbocycles. The molecule has 0 saturated heterocycles. The number of nitro benzene ring substituents is 1. The fourth-order valence-electron chi connectivity index (χ4n) is 3.19. The third-order valence-electron chi connectivity index (χ3n) is 4.41. The topological polar surface area (TPSA) is 66.9 Å². The van der Waals surface area contributed by atoms with E-state index in [1.807, 2.05) is 44.2 Å². The highest BCUT2D eigenvalue weighted by atomic mass is 35.5. The minimum atomic E-state index is -0.412. The van der Waals surface area contributed by atoms with Crippen molar-refractivity contribution in [3.63, 3.8) is 0 Å². The van der Waals surface area contributed by atoms with Gasteiger partial charge in [0, 0.05) is 17.2 Å². The molecule has 0 aromatic heterocycles. The number of halogens is 1. The van der Waals surface area contributed by atoms with Gasteiger partial charge >= 0.3 is 0 Å². The molecule has 2 aromatic rings. The third kappa shape index (κ3) is 3.07. The third-order valence-corrected chi connectivity index (χ3v) is 4.66. The van der Waals surface area contributed by atoms with Gasteiger partial charge in [-0.05, 0) is 71.5 Å². The van der Waals surface area contributed by atoms with Gasteiger partial charge in [-0.3, -0.25) is 10.1 Å². The van der Waals surface area contributed by atoms with Crippen LogP contribution in [0.1, 0.15) is 30.5 Å². The van der Waals surface area contributed by atoms with Gasteiger partial charge in [0.15, 0.2) is 0 Å². The summed E-state index contributed by atoms with van der Waals surface area (Å²) < 4.78 is 0. The van der Waals surface area contributed by atoms with Crippen LogP contribution in [-0.4, -0.2) is 4.92 Å². The second kappa shape index (κ2) is 6.54. The highest BCUT2D eigenvalue weighted by Crippen LogP contribution is 2.46. The summed E-state index contributed by atoms with van der Waals surface area (Å²) in [6.07, 6.45) is 2.02. The number of nitriles is 1. The van der Waals surface area contributed by atoms with Gasteiger partial charge in [0.25, 0.3) is 5.69 Å². The first-order valence-corrected chi connectivity index (χ1v) is 8.17. The minimum Gasteiger partial charge on any atom is -0.258 e. The lowest BCUT2D eigenvalue weighted by Gasteiger charge is -2.07. The molecule has 1 atom stereocenters. The summed E-state index contributed by atoms with van der Waals surface area (Å²) in [6, 6.07) is 14.5. The summed E-state index contributed by atoms with van der Waals surface area (Å²) in [5, 5.41) is 21.2. The molecule has 0 saturated carbocycles. The van der Waals surface area contributed by atoms with Crippen LogP contribution < -0.4 is 0 Å². The summed E-state index contributed by atoms with van der Waals surface area (Å²) in [5.74, 6) is -0.350. The first-order valence-electron chi connectivity index (χ1n) is 7.79. The molecule has 0 radical (unpaired) electrons. The predicted molar refractivity (Wildman–Crippen MR) is 99.8 cm³/mol. The molecule has 3 rings (SSSR count). The molecule has 0 fully saturated rings. The van der Waals surface area contributed by atoms with Crippen molar-refractivity contribution < 1.29 is 4.92 Å². The van der Waals surface area contributed by atoms with Crippen molar-refractivity contribution in [2.75, 3.05) is 0 Å². The molecule has 4 nitrogen and oxygen atoms in total. The summed E-state index contributed by atoms with van der Waals surface area (Å²) >= 11 is 5.94. The van der Waals surface area contributed by atoms with Gasteiger partial charge in [-0.2, -0.15) is 5.26 Å². The minimum absolute atomic E-state index is 0.0296. The SMILES string of the molecule is CC1=C(C(C)C#N)c2cc([N+](=O)[O-])ccc2C1=Cc1ccc(Cl)cc1. The summed E-state index contributed by atoms with van der Waals surface area (Å²) in [4.78, 5) is 10.7. The lowest BCUT2D eigenvalue weighted by Crippen LogP contribution is -1.97. The Kier molecular flexibility index (Phi) is 4.43. The van der Waals surface area contributed by atoms with E-state index in [1.165, 1.54) is 6.07 Å². The second-order valence-corrected chi connectivity index (χ2v) is 6.42. The number of rotatable bonds is 3. The van der Waals surface area contributed by atoms with E-state index < -0.39 is 4.92 Å². The lowest BCUT2D eigenvalue weighted by molar-refractivity contribution is -0.384. The molecular weight excluding hydrogens is 336 g/mol. The van der Waals surface area contributed by atoms with E-state index in [1.54, 1.807) is 12.1 Å². The van der Waals surface area contributed by atoms with Crippen molar-refractivity contribution in [2.24, 2.45) is 5.92 Å². The molecule has 0 amide bonds. The molecule has 2 aromatic carbocycles. The van der Waals surface area contributed by atoms with E-state index in [9.17, 15) is 15.4 Å². The maximum atomic E-state index is 11.1. The van der Waals surface area contributed by atoms with Crippen molar-refractivity contribution in [1.29, 1.82) is 5.26 Å². The van der Waals surface area contributed by atoms with E-state index in [4.69, 9.17) is 11.6 Å². The molecule has 0 N–H and O–H groups in total. The number of hydrogen-bond acceptors (Lipinski definition) is 3. The fourth-order valence-corrected chi connectivity index (χ4v) is 3.31. The molecule has 0 heterocycles. The van der Waals surface area contributed by atoms with Crippen molar-refractivity contribution in [1.82, 2.24) is 0 Å². The zero-order valence-electron chi connectivity index (χ0n) is 13.8. The quantitative estimate of drug-likeness (QED) is 0.524. The summed E-state index contributed by atoms with van der Waals surface area (Å²) in [6.45, 7) is 3.77. The number of non-ortho nitro benzene ring substituents is 1. The van der Waals surface area contributed by atoms with Gasteiger partial charge in [-0.25, -0.2) is 0 Å². The number of allylic oxidation sites excluding steroid dienone is 3. The van der Waals surface area contributed by atoms with Gasteiger partial charge in [0.1, 0.15) is 0 Å². The molecule has 25 heavy (non-hydrogen) atoms. The molecule has 1 unspecified atom stereocenters. The first-order chi connectivity index (χ1) is 11.9. The van der Waals surface area contributed by atoms with Crippen LogP contribution in [0.15, 0.2) is 48.0 Å². The number of benzene rings is 2. The van der Waals surface area contributed by atoms with E-state index in [2.05, 4.69) is 6.07 Å². The van der Waals surface area contributed by atoms with Gasteiger partial charge in [-0.1, -0.05) is 23.7 Å². The Morgan fingerprint density at radius 1 is 1.20 bits per heavy atom. The average molecular weight is 351 g/mol. The number of nitro groups is 1. The van der Waals surface area contributed by atoms with Crippen LogP contribution in [0.4, 0.5) is 5.69 Å². The van der Waals surface area contributed by atoms with Crippen LogP contribution in [0.25, 0.3) is 17.2 Å². The van der Waals surface area contributed by atoms with Crippen molar-refractivity contribution in [2.45, 2.75) is 13.8 Å². The van der Waals surface area contributed by atoms with Crippen LogP contribution in [0.5, 0.6) is 0 Å². The van der Waals surface area contributed by atoms with Crippen LogP contribution in [0, 0.1) is 27.4 Å². The number of nitrogens with zero attached hydrogens (tertiary/aromatic N) is 2. The number of fused-ring (bicyclic) bond motifs is 1. The van der Waals surface area contributed by atoms with E-state index >= 15 is 0 Å². The van der Waals surface area contributed by atoms with E-state index in [0.717, 1.165) is 33.4 Å². The van der Waals surface area contributed by atoms with Crippen LogP contribution in [0.2, 0.25) is 5.02 Å². The second-order valence-electron chi connectivity index (χ2n) is 5.99. The molecule has 0 spiro atoms. The van der Waals surface area contributed by atoms with Crippen LogP contribution in [0.3, 0.4) is 0 Å². The number of hydrogen-bond donors (Lipinski definition) is 0. The highest BCUT2D eigenvalue weighted by Gasteiger charge is 2.28. The Balaban J connectivity index is 2.21. The Hall–Kier alpha value is -2.90. The van der Waals surface area contributed by atoms with Crippen LogP contribution >= 0.6 is 11.6 Å². The molecule has 0 bridgehead atoms. The van der Waals surface area contributed by atoms with Crippen molar-refractivity contribution in [3.05, 3.63) is 79.9 Å². The molecule has 1 aliphatic rings. The first kappa shape index (κ1) is 16.9. The standard InChI is InChI=1S/C20H15ClN2O2/c1-12(11-22)20-13(2)18(9-14-3-5-15(21)6-4-14)17-8-7-16(23(24)25)10-19(17)20/h3-10,12H,1-2H3. The Labute approximate surface area is 150 Å². The van der Waals surface area contributed by atoms with Gasteiger partial charge in [0.2, 0.25) is 0 Å². The Morgan fingerprint density at radius 2 is 1.88 bits per heavy atom. The monoisotopic (exact) mass is 350 g/mol. The molecule has 124 valence electrons. The highest BCUT2D eigenvalue weighted by molar-refractivity contribution is 6.30. The molecule has 0 aliphatic heterocycles. The Morgan fingerprint density at radius 3 is 2.48 bits per heavy atom. The van der Waals surface area contributed by atoms with E-state index in [-0.39, 0.29) is 11.6 Å². The smallest absolute Gasteiger partial charge is 0.258 e. The predicted octanol–water partition coefficient (Wildman–Crippen LogP) is 5.74. The van der Waals surface area contributed by atoms with E-state index in [0.29, 0.717) is 5.02 Å². The molecule has 5 heteroatoms. The largest absolute Gasteiger partial charge is 0.270 e. The lowest BCUT2D eigenvalue weighted by atomic mass is 9.94. The van der Waals surface area contributed by atoms with Gasteiger partial charge < -0.3 is 0 Å². The average Bonchev–Trinajstić information content (AvgIpc) is 2.87. The zero-order valence-corrected chi connectivity index (χ0v) is 14.5. The Bertz CT molecular complexity index is 966. The molecular formula is C20H15ClN2O2.